The van der Waals surface area contributed by atoms with Crippen molar-refractivity contribution in [2.75, 3.05) is 25.1 Å². The van der Waals surface area contributed by atoms with Gasteiger partial charge in [-0.15, -0.1) is 0 Å². The molecule has 1 unspecified atom stereocenters. The summed E-state index contributed by atoms with van der Waals surface area (Å²) in [5, 5.41) is 7.68. The number of hydrogen-bond donors (Lipinski definition) is 2. The number of ether oxygens (including phenoxy) is 2. The molecule has 3 aromatic rings. The van der Waals surface area contributed by atoms with Crippen molar-refractivity contribution in [2.24, 2.45) is 11.1 Å². The number of piperidine rings is 1. The molecule has 1 fully saturated rings. The molecule has 0 saturated carbocycles. The largest absolute Gasteiger partial charge is 0.495 e. The van der Waals surface area contributed by atoms with Crippen LogP contribution in [0.5, 0.6) is 5.75 Å². The number of aromatic nitrogens is 4. The van der Waals surface area contributed by atoms with Gasteiger partial charge >= 0.3 is 12.1 Å². The number of nitrogens with zero attached hydrogens (tertiary/aromatic N) is 4. The van der Waals surface area contributed by atoms with E-state index < -0.39 is 23.8 Å². The maximum atomic E-state index is 12.5. The van der Waals surface area contributed by atoms with Crippen LogP contribution in [0.3, 0.4) is 0 Å². The minimum atomic E-state index is -5.08. The molecule has 0 aliphatic carbocycles. The van der Waals surface area contributed by atoms with Gasteiger partial charge in [-0.1, -0.05) is 24.6 Å². The van der Waals surface area contributed by atoms with E-state index in [-0.39, 0.29) is 0 Å². The van der Waals surface area contributed by atoms with Crippen LogP contribution in [0.25, 0.3) is 22.4 Å². The first-order valence-electron chi connectivity index (χ1n) is 10.4. The third-order valence-corrected chi connectivity index (χ3v) is 6.39. The lowest BCUT2D eigenvalue weighted by atomic mass is 9.79. The van der Waals surface area contributed by atoms with Crippen molar-refractivity contribution in [3.05, 3.63) is 29.4 Å². The molecule has 1 aromatic carbocycles. The highest BCUT2D eigenvalue weighted by molar-refractivity contribution is 6.32. The summed E-state index contributed by atoms with van der Waals surface area (Å²) in [5.41, 5.74) is 7.42. The number of methoxy groups -OCH3 is 1. The third-order valence-electron chi connectivity index (χ3n) is 6.07. The maximum absolute atomic E-state index is 12.5. The third kappa shape index (κ3) is 4.60. The van der Waals surface area contributed by atoms with E-state index in [9.17, 15) is 18.0 Å². The van der Waals surface area contributed by atoms with Gasteiger partial charge in [0.25, 0.3) is 0 Å². The van der Waals surface area contributed by atoms with E-state index >= 15 is 0 Å². The summed E-state index contributed by atoms with van der Waals surface area (Å²) in [4.78, 5) is 22.2. The van der Waals surface area contributed by atoms with Crippen molar-refractivity contribution in [3.8, 4) is 17.0 Å². The Morgan fingerprint density at radius 1 is 1.32 bits per heavy atom. The van der Waals surface area contributed by atoms with Crippen LogP contribution in [0.15, 0.2) is 24.4 Å². The van der Waals surface area contributed by atoms with E-state index in [2.05, 4.69) is 24.9 Å². The fourth-order valence-electron chi connectivity index (χ4n) is 3.81. The lowest BCUT2D eigenvalue weighted by Gasteiger charge is -2.42. The number of carbonyl (C=O) groups excluding carboxylic acids is 1. The van der Waals surface area contributed by atoms with Crippen LogP contribution in [0.1, 0.15) is 19.8 Å². The first-order valence-corrected chi connectivity index (χ1v) is 10.7. The molecule has 0 radical (unpaired) electrons. The van der Waals surface area contributed by atoms with Crippen LogP contribution in [0.2, 0.25) is 5.02 Å². The minimum Gasteiger partial charge on any atom is -0.495 e. The number of anilines is 1. The number of nitrogens with one attached hydrogen (secondary N) is 1. The zero-order valence-electron chi connectivity index (χ0n) is 18.3. The Bertz CT molecular complexity index is 1210. The molecule has 1 saturated heterocycles. The predicted octanol–water partition coefficient (Wildman–Crippen LogP) is 3.68. The average molecular weight is 499 g/mol. The number of alkyl halides is 3. The molecule has 4 rings (SSSR count). The van der Waals surface area contributed by atoms with E-state index in [0.29, 0.717) is 59.4 Å². The zero-order valence-corrected chi connectivity index (χ0v) is 19.1. The SMILES string of the molecule is COc1cc(-c2[nH]nc3nc(N4CCC(C)(C(N)OC(=O)C(F)(F)F)CC4)cnc23)ccc1Cl. The van der Waals surface area contributed by atoms with Crippen molar-refractivity contribution < 1.29 is 27.4 Å². The number of nitrogens with two attached hydrogens (primary N) is 1. The molecule has 182 valence electrons. The summed E-state index contributed by atoms with van der Waals surface area (Å²) < 4.78 is 47.2. The molecule has 1 atom stereocenters. The van der Waals surface area contributed by atoms with Crippen LogP contribution >= 0.6 is 11.6 Å². The summed E-state index contributed by atoms with van der Waals surface area (Å²) in [5.74, 6) is -1.20. The lowest BCUT2D eigenvalue weighted by molar-refractivity contribution is -0.210. The molecule has 0 amide bonds. The van der Waals surface area contributed by atoms with Gasteiger partial charge in [0, 0.05) is 24.1 Å². The van der Waals surface area contributed by atoms with Crippen molar-refractivity contribution in [1.29, 1.82) is 0 Å². The fraction of sp³-hybridized carbons (Fsp3) is 0.429. The molecule has 3 N–H and O–H groups in total. The standard InChI is InChI=1S/C21H22ClF3N6O3/c1-20(18(26)34-19(32)21(23,24)25)5-7-31(8-6-20)14-10-27-16-15(29-30-17(16)28-14)11-3-4-12(22)13(9-11)33-2/h3-4,9-10,18H,5-8,26H2,1-2H3,(H,28,29,30). The van der Waals surface area contributed by atoms with E-state index in [1.54, 1.807) is 25.3 Å². The Morgan fingerprint density at radius 3 is 2.68 bits per heavy atom. The normalized spacial score (nSPS) is 17.0. The highest BCUT2D eigenvalue weighted by Crippen LogP contribution is 2.37. The zero-order chi connectivity index (χ0) is 24.7. The second-order valence-electron chi connectivity index (χ2n) is 8.31. The Morgan fingerprint density at radius 2 is 2.03 bits per heavy atom. The Kier molecular flexibility index (Phi) is 6.30. The minimum absolute atomic E-state index is 0.398. The Balaban J connectivity index is 1.48. The number of carbonyl (C=O) groups is 1. The van der Waals surface area contributed by atoms with Crippen molar-refractivity contribution in [3.63, 3.8) is 0 Å². The average Bonchev–Trinajstić information content (AvgIpc) is 3.22. The van der Waals surface area contributed by atoms with Gasteiger partial charge < -0.3 is 14.4 Å². The number of aromatic amines is 1. The van der Waals surface area contributed by atoms with Gasteiger partial charge in [0.1, 0.15) is 17.1 Å². The summed E-state index contributed by atoms with van der Waals surface area (Å²) >= 11 is 6.10. The first kappa shape index (κ1) is 24.0. The summed E-state index contributed by atoms with van der Waals surface area (Å²) in [6.45, 7) is 2.59. The molecule has 9 nitrogen and oxygen atoms in total. The first-order chi connectivity index (χ1) is 16.0. The number of benzene rings is 1. The fourth-order valence-corrected chi connectivity index (χ4v) is 4.01. The number of hydrogen-bond acceptors (Lipinski definition) is 8. The molecule has 0 spiro atoms. The maximum Gasteiger partial charge on any atom is 0.490 e. The molecular weight excluding hydrogens is 477 g/mol. The van der Waals surface area contributed by atoms with Crippen LogP contribution in [-0.4, -0.2) is 58.7 Å². The van der Waals surface area contributed by atoms with Crippen LogP contribution in [0.4, 0.5) is 19.0 Å². The topological polar surface area (TPSA) is 119 Å². The molecule has 0 bridgehead atoms. The number of H-pyrrole nitrogens is 1. The summed E-state index contributed by atoms with van der Waals surface area (Å²) in [7, 11) is 1.53. The smallest absolute Gasteiger partial charge is 0.490 e. The van der Waals surface area contributed by atoms with E-state index in [1.807, 2.05) is 11.0 Å². The summed E-state index contributed by atoms with van der Waals surface area (Å²) in [6, 6.07) is 5.30. The quantitative estimate of drug-likeness (QED) is 0.404. The molecule has 34 heavy (non-hydrogen) atoms. The molecule has 13 heteroatoms. The number of esters is 1. The van der Waals surface area contributed by atoms with Gasteiger partial charge in [0.05, 0.1) is 24.0 Å². The molecule has 1 aliphatic rings. The molecule has 3 heterocycles. The molecular formula is C21H22ClF3N6O3. The predicted molar refractivity (Wildman–Crippen MR) is 118 cm³/mol. The van der Waals surface area contributed by atoms with Gasteiger partial charge in [-0.2, -0.15) is 18.3 Å². The number of halogens is 4. The number of rotatable bonds is 5. The van der Waals surface area contributed by atoms with Gasteiger partial charge in [-0.3, -0.25) is 10.8 Å². The Hall–Kier alpha value is -3.12. The molecule has 1 aliphatic heterocycles. The highest BCUT2D eigenvalue weighted by Gasteiger charge is 2.46. The monoisotopic (exact) mass is 498 g/mol. The van der Waals surface area contributed by atoms with Gasteiger partial charge in [0.2, 0.25) is 5.65 Å². The van der Waals surface area contributed by atoms with Crippen LogP contribution < -0.4 is 15.4 Å². The summed E-state index contributed by atoms with van der Waals surface area (Å²) in [6.07, 6.45) is -4.05. The highest BCUT2D eigenvalue weighted by atomic mass is 35.5. The van der Waals surface area contributed by atoms with Crippen molar-refractivity contribution in [1.82, 2.24) is 20.2 Å². The van der Waals surface area contributed by atoms with E-state index in [4.69, 9.17) is 22.1 Å². The van der Waals surface area contributed by atoms with Gasteiger partial charge in [-0.05, 0) is 25.0 Å². The van der Waals surface area contributed by atoms with Gasteiger partial charge in [0.15, 0.2) is 6.23 Å². The van der Waals surface area contributed by atoms with Crippen molar-refractivity contribution in [2.45, 2.75) is 32.2 Å². The Labute approximate surface area is 197 Å². The van der Waals surface area contributed by atoms with E-state index in [0.717, 1.165) is 5.56 Å². The molecule has 2 aromatic heterocycles. The lowest BCUT2D eigenvalue weighted by Crippen LogP contribution is -2.51. The van der Waals surface area contributed by atoms with Gasteiger partial charge in [-0.25, -0.2) is 14.8 Å². The van der Waals surface area contributed by atoms with E-state index in [1.165, 1.54) is 7.11 Å². The van der Waals surface area contributed by atoms with Crippen LogP contribution in [0, 0.1) is 5.41 Å². The second kappa shape index (κ2) is 8.91. The second-order valence-corrected chi connectivity index (χ2v) is 8.72. The van der Waals surface area contributed by atoms with Crippen LogP contribution in [-0.2, 0) is 9.53 Å². The number of fused-ring (bicyclic) bond motifs is 1. The van der Waals surface area contributed by atoms with Crippen molar-refractivity contribution >= 4 is 34.6 Å².